The van der Waals surface area contributed by atoms with E-state index >= 15 is 0 Å². The van der Waals surface area contributed by atoms with Gasteiger partial charge in [-0.3, -0.25) is 9.69 Å². The number of urea groups is 1. The van der Waals surface area contributed by atoms with Gasteiger partial charge < -0.3 is 19.9 Å². The molecule has 3 amide bonds. The van der Waals surface area contributed by atoms with Crippen molar-refractivity contribution in [2.24, 2.45) is 0 Å². The van der Waals surface area contributed by atoms with Crippen LogP contribution in [-0.2, 0) is 0 Å². The van der Waals surface area contributed by atoms with Gasteiger partial charge in [0.05, 0.1) is 19.0 Å². The number of nitrogens with one attached hydrogen (secondary N) is 2. The van der Waals surface area contributed by atoms with Crippen LogP contribution >= 0.6 is 0 Å². The van der Waals surface area contributed by atoms with Crippen molar-refractivity contribution in [2.45, 2.75) is 6.92 Å². The van der Waals surface area contributed by atoms with Crippen molar-refractivity contribution >= 4 is 23.3 Å². The van der Waals surface area contributed by atoms with E-state index < -0.39 is 0 Å². The molecule has 0 radical (unpaired) electrons. The number of rotatable bonds is 4. The van der Waals surface area contributed by atoms with E-state index in [1.165, 1.54) is 13.3 Å². The molecule has 0 spiro atoms. The van der Waals surface area contributed by atoms with Crippen molar-refractivity contribution in [2.75, 3.05) is 30.4 Å². The third-order valence-corrected chi connectivity index (χ3v) is 3.59. The molecule has 1 aliphatic rings. The number of benzene rings is 1. The van der Waals surface area contributed by atoms with Crippen LogP contribution in [0.15, 0.2) is 28.9 Å². The highest BCUT2D eigenvalue weighted by atomic mass is 16.5. The molecule has 120 valence electrons. The van der Waals surface area contributed by atoms with Crippen LogP contribution in [-0.4, -0.2) is 37.3 Å². The van der Waals surface area contributed by atoms with Crippen LogP contribution in [0.25, 0.3) is 0 Å². The molecule has 0 aliphatic carbocycles. The first-order valence-electron chi connectivity index (χ1n) is 7.06. The van der Waals surface area contributed by atoms with Crippen molar-refractivity contribution in [3.8, 4) is 5.75 Å². The lowest BCUT2D eigenvalue weighted by molar-refractivity contribution is 0.102. The number of aromatic nitrogens is 1. The SMILES string of the molecule is COc1ccc(C(=O)Nc2cnoc2C)cc1N1CCNC1=O. The molecule has 3 rings (SSSR count). The number of amides is 3. The van der Waals surface area contributed by atoms with Crippen LogP contribution in [0.5, 0.6) is 5.75 Å². The first-order valence-corrected chi connectivity index (χ1v) is 7.06. The summed E-state index contributed by atoms with van der Waals surface area (Å²) in [5, 5.41) is 9.06. The Morgan fingerprint density at radius 2 is 2.30 bits per heavy atom. The van der Waals surface area contributed by atoms with E-state index in [-0.39, 0.29) is 11.9 Å². The first kappa shape index (κ1) is 14.9. The van der Waals surface area contributed by atoms with E-state index in [4.69, 9.17) is 9.26 Å². The number of methoxy groups -OCH3 is 1. The van der Waals surface area contributed by atoms with Gasteiger partial charge in [0.1, 0.15) is 11.4 Å². The lowest BCUT2D eigenvalue weighted by Gasteiger charge is -2.18. The quantitative estimate of drug-likeness (QED) is 0.896. The highest BCUT2D eigenvalue weighted by Crippen LogP contribution is 2.30. The predicted molar refractivity (Wildman–Crippen MR) is 82.9 cm³/mol. The molecule has 8 nitrogen and oxygen atoms in total. The van der Waals surface area contributed by atoms with E-state index in [0.29, 0.717) is 41.5 Å². The molecule has 0 saturated carbocycles. The van der Waals surface area contributed by atoms with E-state index in [1.807, 2.05) is 0 Å². The minimum Gasteiger partial charge on any atom is -0.495 e. The summed E-state index contributed by atoms with van der Waals surface area (Å²) in [5.74, 6) is 0.727. The van der Waals surface area contributed by atoms with Gasteiger partial charge in [0.2, 0.25) is 0 Å². The maximum absolute atomic E-state index is 12.4. The molecule has 0 atom stereocenters. The highest BCUT2D eigenvalue weighted by Gasteiger charge is 2.25. The second-order valence-corrected chi connectivity index (χ2v) is 5.02. The first-order chi connectivity index (χ1) is 11.1. The Balaban J connectivity index is 1.89. The van der Waals surface area contributed by atoms with Crippen LogP contribution in [0.1, 0.15) is 16.1 Å². The number of ether oxygens (including phenoxy) is 1. The number of carbonyl (C=O) groups is 2. The summed E-state index contributed by atoms with van der Waals surface area (Å²) >= 11 is 0. The molecule has 2 aromatic rings. The second-order valence-electron chi connectivity index (χ2n) is 5.02. The largest absolute Gasteiger partial charge is 0.495 e. The minimum atomic E-state index is -0.320. The average molecular weight is 316 g/mol. The molecule has 8 heteroatoms. The fraction of sp³-hybridized carbons (Fsp3) is 0.267. The van der Waals surface area contributed by atoms with Crippen LogP contribution < -0.4 is 20.3 Å². The van der Waals surface area contributed by atoms with Crippen LogP contribution in [0.3, 0.4) is 0 Å². The predicted octanol–water partition coefficient (Wildman–Crippen LogP) is 1.77. The molecule has 2 heterocycles. The Kier molecular flexibility index (Phi) is 3.88. The third-order valence-electron chi connectivity index (χ3n) is 3.59. The molecule has 2 N–H and O–H groups in total. The van der Waals surface area contributed by atoms with Crippen molar-refractivity contribution in [3.63, 3.8) is 0 Å². The summed E-state index contributed by atoms with van der Waals surface area (Å²) in [4.78, 5) is 25.8. The summed E-state index contributed by atoms with van der Waals surface area (Å²) in [5.41, 5.74) is 1.46. The molecule has 1 aromatic heterocycles. The Morgan fingerprint density at radius 3 is 2.91 bits per heavy atom. The van der Waals surface area contributed by atoms with Crippen LogP contribution in [0, 0.1) is 6.92 Å². The van der Waals surface area contributed by atoms with E-state index in [0.717, 1.165) is 0 Å². The van der Waals surface area contributed by atoms with Crippen molar-refractivity contribution in [1.82, 2.24) is 10.5 Å². The van der Waals surface area contributed by atoms with Gasteiger partial charge in [0.25, 0.3) is 5.91 Å². The summed E-state index contributed by atoms with van der Waals surface area (Å²) in [6, 6.07) is 4.71. The van der Waals surface area contributed by atoms with E-state index in [2.05, 4.69) is 15.8 Å². The smallest absolute Gasteiger partial charge is 0.322 e. The molecular formula is C15H16N4O4. The Morgan fingerprint density at radius 1 is 1.48 bits per heavy atom. The molecule has 1 saturated heterocycles. The molecular weight excluding hydrogens is 300 g/mol. The van der Waals surface area contributed by atoms with Crippen LogP contribution in [0.4, 0.5) is 16.2 Å². The molecule has 1 fully saturated rings. The zero-order valence-electron chi connectivity index (χ0n) is 12.8. The lowest BCUT2D eigenvalue weighted by Crippen LogP contribution is -2.28. The normalized spacial score (nSPS) is 13.8. The summed E-state index contributed by atoms with van der Waals surface area (Å²) < 4.78 is 10.2. The standard InChI is InChI=1S/C15H16N4O4/c1-9-11(8-17-23-9)18-14(20)10-3-4-13(22-2)12(7-10)19-6-5-16-15(19)21/h3-4,7-8H,5-6H2,1-2H3,(H,16,21)(H,18,20). The molecule has 1 aromatic carbocycles. The molecule has 23 heavy (non-hydrogen) atoms. The van der Waals surface area contributed by atoms with Gasteiger partial charge in [0, 0.05) is 18.7 Å². The van der Waals surface area contributed by atoms with Gasteiger partial charge in [-0.1, -0.05) is 5.16 Å². The fourth-order valence-electron chi connectivity index (χ4n) is 2.36. The Bertz CT molecular complexity index is 756. The summed E-state index contributed by atoms with van der Waals surface area (Å²) in [6.45, 7) is 2.78. The van der Waals surface area contributed by atoms with Gasteiger partial charge in [-0.05, 0) is 25.1 Å². The monoisotopic (exact) mass is 316 g/mol. The zero-order chi connectivity index (χ0) is 16.4. The molecule has 0 bridgehead atoms. The zero-order valence-corrected chi connectivity index (χ0v) is 12.8. The van der Waals surface area contributed by atoms with Gasteiger partial charge in [-0.25, -0.2) is 4.79 Å². The van der Waals surface area contributed by atoms with Crippen LogP contribution in [0.2, 0.25) is 0 Å². The number of aryl methyl sites for hydroxylation is 1. The van der Waals surface area contributed by atoms with Crippen molar-refractivity contribution in [1.29, 1.82) is 0 Å². The molecule has 1 aliphatic heterocycles. The van der Waals surface area contributed by atoms with Gasteiger partial charge in [-0.15, -0.1) is 0 Å². The number of nitrogens with zero attached hydrogens (tertiary/aromatic N) is 2. The van der Waals surface area contributed by atoms with E-state index in [9.17, 15) is 9.59 Å². The number of carbonyl (C=O) groups excluding carboxylic acids is 2. The summed E-state index contributed by atoms with van der Waals surface area (Å²) in [6.07, 6.45) is 1.44. The topological polar surface area (TPSA) is 96.7 Å². The minimum absolute atomic E-state index is 0.212. The maximum atomic E-state index is 12.4. The van der Waals surface area contributed by atoms with E-state index in [1.54, 1.807) is 30.0 Å². The Hall–Kier alpha value is -3.03. The van der Waals surface area contributed by atoms with Crippen molar-refractivity contribution in [3.05, 3.63) is 35.7 Å². The second kappa shape index (κ2) is 5.99. The Labute approximate surface area is 132 Å². The average Bonchev–Trinajstić information content (AvgIpc) is 3.15. The molecule has 0 unspecified atom stereocenters. The maximum Gasteiger partial charge on any atom is 0.322 e. The highest BCUT2D eigenvalue weighted by molar-refractivity contribution is 6.06. The fourth-order valence-corrected chi connectivity index (χ4v) is 2.36. The summed E-state index contributed by atoms with van der Waals surface area (Å²) in [7, 11) is 1.52. The van der Waals surface area contributed by atoms with Crippen molar-refractivity contribution < 1.29 is 18.8 Å². The van der Waals surface area contributed by atoms with Gasteiger partial charge >= 0.3 is 6.03 Å². The number of hydrogen-bond acceptors (Lipinski definition) is 5. The third kappa shape index (κ3) is 2.83. The number of hydrogen-bond donors (Lipinski definition) is 2. The van der Waals surface area contributed by atoms with Gasteiger partial charge in [-0.2, -0.15) is 0 Å². The number of anilines is 2. The lowest BCUT2D eigenvalue weighted by atomic mass is 10.1. The van der Waals surface area contributed by atoms with Gasteiger partial charge in [0.15, 0.2) is 5.76 Å².